The lowest BCUT2D eigenvalue weighted by atomic mass is 10.00. The average molecular weight is 292 g/mol. The van der Waals surface area contributed by atoms with Gasteiger partial charge in [-0.2, -0.15) is 0 Å². The molecule has 118 valence electrons. The van der Waals surface area contributed by atoms with E-state index in [1.165, 1.54) is 5.56 Å². The predicted molar refractivity (Wildman–Crippen MR) is 85.3 cm³/mol. The summed E-state index contributed by atoms with van der Waals surface area (Å²) in [5.41, 5.74) is 2.31. The molecule has 1 aromatic rings. The largest absolute Gasteiger partial charge is 0.392 e. The number of nitrogens with zero attached hydrogens (tertiary/aromatic N) is 1. The molecule has 0 amide bonds. The van der Waals surface area contributed by atoms with Crippen molar-refractivity contribution in [2.24, 2.45) is 0 Å². The zero-order valence-corrected chi connectivity index (χ0v) is 13.4. The van der Waals surface area contributed by atoms with E-state index in [0.29, 0.717) is 0 Å². The van der Waals surface area contributed by atoms with Crippen LogP contribution >= 0.6 is 0 Å². The molecular formula is C17H28N2O2. The number of aliphatic hydroxyl groups excluding tert-OH is 1. The van der Waals surface area contributed by atoms with Gasteiger partial charge in [0, 0.05) is 31.2 Å². The first-order valence-corrected chi connectivity index (χ1v) is 7.79. The monoisotopic (exact) mass is 292 g/mol. The summed E-state index contributed by atoms with van der Waals surface area (Å²) in [4.78, 5) is 2.49. The summed E-state index contributed by atoms with van der Waals surface area (Å²) in [5.74, 6) is 0. The number of hydrogen-bond acceptors (Lipinski definition) is 4. The molecule has 1 fully saturated rings. The van der Waals surface area contributed by atoms with E-state index in [2.05, 4.69) is 43.1 Å². The van der Waals surface area contributed by atoms with Gasteiger partial charge in [0.2, 0.25) is 0 Å². The van der Waals surface area contributed by atoms with E-state index >= 15 is 0 Å². The molecule has 0 spiro atoms. The Morgan fingerprint density at radius 1 is 1.33 bits per heavy atom. The number of morpholine rings is 1. The van der Waals surface area contributed by atoms with E-state index in [0.717, 1.165) is 38.4 Å². The standard InChI is InChI=1S/C17H28N2O2/c1-14(16-6-4-5-15(11-16)12-20)18-13-17(2,3)19-7-9-21-10-8-19/h4-6,11,14,18,20H,7-10,12-13H2,1-3H3. The SMILES string of the molecule is CC(NCC(C)(C)N1CCOCC1)c1cccc(CO)c1. The summed E-state index contributed by atoms with van der Waals surface area (Å²) in [6.45, 7) is 11.4. The highest BCUT2D eigenvalue weighted by Crippen LogP contribution is 2.19. The lowest BCUT2D eigenvalue weighted by molar-refractivity contribution is -0.0102. The van der Waals surface area contributed by atoms with Gasteiger partial charge in [-0.15, -0.1) is 0 Å². The fraction of sp³-hybridized carbons (Fsp3) is 0.647. The van der Waals surface area contributed by atoms with E-state index in [4.69, 9.17) is 4.74 Å². The molecule has 21 heavy (non-hydrogen) atoms. The number of ether oxygens (including phenoxy) is 1. The van der Waals surface area contributed by atoms with Crippen LogP contribution in [0.4, 0.5) is 0 Å². The molecule has 1 atom stereocenters. The molecule has 0 radical (unpaired) electrons. The van der Waals surface area contributed by atoms with Crippen molar-refractivity contribution in [3.8, 4) is 0 Å². The zero-order chi connectivity index (χ0) is 15.3. The zero-order valence-electron chi connectivity index (χ0n) is 13.4. The summed E-state index contributed by atoms with van der Waals surface area (Å²) in [5, 5.41) is 12.9. The maximum Gasteiger partial charge on any atom is 0.0681 e. The molecule has 0 saturated carbocycles. The maximum atomic E-state index is 9.23. The van der Waals surface area contributed by atoms with Gasteiger partial charge in [-0.3, -0.25) is 4.90 Å². The Morgan fingerprint density at radius 3 is 2.71 bits per heavy atom. The topological polar surface area (TPSA) is 44.7 Å². The summed E-state index contributed by atoms with van der Waals surface area (Å²) in [6, 6.07) is 8.41. The number of aliphatic hydroxyl groups is 1. The Labute approximate surface area is 128 Å². The molecule has 4 nitrogen and oxygen atoms in total. The van der Waals surface area contributed by atoms with Crippen molar-refractivity contribution in [1.82, 2.24) is 10.2 Å². The van der Waals surface area contributed by atoms with Crippen LogP contribution in [0.3, 0.4) is 0 Å². The van der Waals surface area contributed by atoms with Crippen LogP contribution in [-0.4, -0.2) is 48.4 Å². The molecule has 2 N–H and O–H groups in total. The quantitative estimate of drug-likeness (QED) is 0.841. The Balaban J connectivity index is 1.91. The first kappa shape index (κ1) is 16.4. The van der Waals surface area contributed by atoms with Gasteiger partial charge in [-0.1, -0.05) is 24.3 Å². The van der Waals surface area contributed by atoms with Gasteiger partial charge in [0.1, 0.15) is 0 Å². The number of nitrogens with one attached hydrogen (secondary N) is 1. The molecule has 1 heterocycles. The van der Waals surface area contributed by atoms with E-state index in [-0.39, 0.29) is 18.2 Å². The van der Waals surface area contributed by atoms with Crippen molar-refractivity contribution >= 4 is 0 Å². The summed E-state index contributed by atoms with van der Waals surface area (Å²) < 4.78 is 5.43. The normalized spacial score (nSPS) is 18.7. The van der Waals surface area contributed by atoms with Crippen molar-refractivity contribution in [2.45, 2.75) is 39.0 Å². The minimum Gasteiger partial charge on any atom is -0.392 e. The second kappa shape index (κ2) is 7.36. The molecule has 4 heteroatoms. The minimum atomic E-state index is 0.0971. The Kier molecular flexibility index (Phi) is 5.76. The summed E-state index contributed by atoms with van der Waals surface area (Å²) in [6.07, 6.45) is 0. The molecule has 0 bridgehead atoms. The molecule has 1 unspecified atom stereocenters. The van der Waals surface area contributed by atoms with Gasteiger partial charge < -0.3 is 15.2 Å². The highest BCUT2D eigenvalue weighted by molar-refractivity contribution is 5.25. The lowest BCUT2D eigenvalue weighted by Crippen LogP contribution is -2.54. The highest BCUT2D eigenvalue weighted by atomic mass is 16.5. The summed E-state index contributed by atoms with van der Waals surface area (Å²) in [7, 11) is 0. The smallest absolute Gasteiger partial charge is 0.0681 e. The van der Waals surface area contributed by atoms with Crippen LogP contribution in [-0.2, 0) is 11.3 Å². The van der Waals surface area contributed by atoms with Crippen LogP contribution < -0.4 is 5.32 Å². The van der Waals surface area contributed by atoms with E-state index in [1.807, 2.05) is 12.1 Å². The van der Waals surface area contributed by atoms with Crippen molar-refractivity contribution in [1.29, 1.82) is 0 Å². The van der Waals surface area contributed by atoms with Gasteiger partial charge in [-0.25, -0.2) is 0 Å². The predicted octanol–water partition coefficient (Wildman–Crippen LogP) is 1.94. The van der Waals surface area contributed by atoms with Gasteiger partial charge in [0.25, 0.3) is 0 Å². The average Bonchev–Trinajstić information content (AvgIpc) is 2.53. The Morgan fingerprint density at radius 2 is 2.05 bits per heavy atom. The first-order chi connectivity index (χ1) is 10.0. The Bertz CT molecular complexity index is 442. The van der Waals surface area contributed by atoms with Crippen LogP contribution in [0.15, 0.2) is 24.3 Å². The van der Waals surface area contributed by atoms with Crippen LogP contribution in [0.1, 0.15) is 37.9 Å². The van der Waals surface area contributed by atoms with Crippen LogP contribution in [0.2, 0.25) is 0 Å². The third-order valence-electron chi connectivity index (χ3n) is 4.34. The second-order valence-corrected chi connectivity index (χ2v) is 6.42. The van der Waals surface area contributed by atoms with Gasteiger partial charge in [0.15, 0.2) is 0 Å². The molecular weight excluding hydrogens is 264 g/mol. The second-order valence-electron chi connectivity index (χ2n) is 6.42. The van der Waals surface area contributed by atoms with Crippen molar-refractivity contribution in [2.75, 3.05) is 32.8 Å². The molecule has 1 aliphatic rings. The summed E-state index contributed by atoms with van der Waals surface area (Å²) >= 11 is 0. The van der Waals surface area contributed by atoms with Crippen LogP contribution in [0.25, 0.3) is 0 Å². The lowest BCUT2D eigenvalue weighted by Gasteiger charge is -2.41. The third-order valence-corrected chi connectivity index (χ3v) is 4.34. The van der Waals surface area contributed by atoms with Crippen LogP contribution in [0, 0.1) is 0 Å². The van der Waals surface area contributed by atoms with E-state index < -0.39 is 0 Å². The molecule has 0 aliphatic carbocycles. The first-order valence-electron chi connectivity index (χ1n) is 7.79. The highest BCUT2D eigenvalue weighted by Gasteiger charge is 2.28. The molecule has 1 aliphatic heterocycles. The van der Waals surface area contributed by atoms with Gasteiger partial charge in [0.05, 0.1) is 19.8 Å². The molecule has 0 aromatic heterocycles. The van der Waals surface area contributed by atoms with E-state index in [9.17, 15) is 5.11 Å². The maximum absolute atomic E-state index is 9.23. The fourth-order valence-corrected chi connectivity index (χ4v) is 2.76. The fourth-order valence-electron chi connectivity index (χ4n) is 2.76. The van der Waals surface area contributed by atoms with Crippen LogP contribution in [0.5, 0.6) is 0 Å². The van der Waals surface area contributed by atoms with Gasteiger partial charge >= 0.3 is 0 Å². The van der Waals surface area contributed by atoms with Crippen molar-refractivity contribution in [3.63, 3.8) is 0 Å². The molecule has 2 rings (SSSR count). The van der Waals surface area contributed by atoms with Crippen molar-refractivity contribution < 1.29 is 9.84 Å². The number of benzene rings is 1. The Hall–Kier alpha value is -0.940. The number of rotatable bonds is 6. The number of hydrogen-bond donors (Lipinski definition) is 2. The molecule has 1 saturated heterocycles. The van der Waals surface area contributed by atoms with Gasteiger partial charge in [-0.05, 0) is 31.9 Å². The third kappa shape index (κ3) is 4.51. The molecule has 1 aromatic carbocycles. The van der Waals surface area contributed by atoms with E-state index in [1.54, 1.807) is 0 Å². The van der Waals surface area contributed by atoms with Crippen molar-refractivity contribution in [3.05, 3.63) is 35.4 Å². The minimum absolute atomic E-state index is 0.0971.